The summed E-state index contributed by atoms with van der Waals surface area (Å²) in [6, 6.07) is 1.95. The quantitative estimate of drug-likeness (QED) is 0.433. The first-order valence-corrected chi connectivity index (χ1v) is 4.65. The van der Waals surface area contributed by atoms with Gasteiger partial charge in [0.1, 0.15) is 15.1 Å². The Balaban J connectivity index is 2.94. The molecule has 0 saturated heterocycles. The fraction of sp³-hybridized carbons (Fsp3) is 0.200. The van der Waals surface area contributed by atoms with Crippen molar-refractivity contribution in [3.05, 3.63) is 16.1 Å². The number of nitrogens with zero attached hydrogens (tertiary/aromatic N) is 2. The number of hydrogen-bond acceptors (Lipinski definition) is 3. The van der Waals surface area contributed by atoms with Gasteiger partial charge in [-0.2, -0.15) is 0 Å². The standard InChI is InChI=1S/C5H5IN2S/c1-9-5-2-4(6)7-3-8-5/h2-3H,1H3. The normalized spacial score (nSPS) is 9.56. The summed E-state index contributed by atoms with van der Waals surface area (Å²) in [5.74, 6) is 0. The lowest BCUT2D eigenvalue weighted by Gasteiger charge is -1.91. The van der Waals surface area contributed by atoms with Crippen molar-refractivity contribution in [2.75, 3.05) is 6.26 Å². The van der Waals surface area contributed by atoms with Gasteiger partial charge in [-0.25, -0.2) is 9.97 Å². The monoisotopic (exact) mass is 252 g/mol. The molecule has 0 aromatic carbocycles. The Kier molecular flexibility index (Phi) is 2.71. The molecule has 0 N–H and O–H groups in total. The molecule has 0 aliphatic carbocycles. The van der Waals surface area contributed by atoms with Gasteiger partial charge < -0.3 is 0 Å². The average molecular weight is 252 g/mol. The minimum atomic E-state index is 0.993. The predicted octanol–water partition coefficient (Wildman–Crippen LogP) is 1.80. The van der Waals surface area contributed by atoms with Crippen LogP contribution in [0.15, 0.2) is 17.4 Å². The van der Waals surface area contributed by atoms with Crippen LogP contribution in [-0.4, -0.2) is 16.2 Å². The Bertz CT molecular complexity index is 204. The molecular weight excluding hydrogens is 247 g/mol. The topological polar surface area (TPSA) is 25.8 Å². The Labute approximate surface area is 71.6 Å². The van der Waals surface area contributed by atoms with Gasteiger partial charge in [-0.3, -0.25) is 0 Å². The second-order valence-corrected chi connectivity index (χ2v) is 3.31. The molecule has 4 heteroatoms. The van der Waals surface area contributed by atoms with Crippen molar-refractivity contribution < 1.29 is 0 Å². The zero-order valence-corrected chi connectivity index (χ0v) is 7.81. The molecule has 0 saturated carbocycles. The summed E-state index contributed by atoms with van der Waals surface area (Å²) in [6.07, 6.45) is 3.58. The molecule has 0 bridgehead atoms. The molecule has 0 aliphatic rings. The van der Waals surface area contributed by atoms with E-state index in [1.807, 2.05) is 12.3 Å². The smallest absolute Gasteiger partial charge is 0.117 e. The molecule has 0 unspecified atom stereocenters. The molecule has 1 heterocycles. The minimum absolute atomic E-state index is 0.993. The second kappa shape index (κ2) is 3.36. The fourth-order valence-electron chi connectivity index (χ4n) is 0.429. The van der Waals surface area contributed by atoms with Crippen LogP contribution in [0.4, 0.5) is 0 Å². The first-order valence-electron chi connectivity index (χ1n) is 2.34. The lowest BCUT2D eigenvalue weighted by molar-refractivity contribution is 1.03. The summed E-state index contributed by atoms with van der Waals surface area (Å²) >= 11 is 3.79. The van der Waals surface area contributed by atoms with Crippen molar-refractivity contribution >= 4 is 34.4 Å². The van der Waals surface area contributed by atoms with Gasteiger partial charge in [-0.05, 0) is 28.8 Å². The van der Waals surface area contributed by atoms with Gasteiger partial charge in [0.15, 0.2) is 0 Å². The largest absolute Gasteiger partial charge is 0.230 e. The highest BCUT2D eigenvalue weighted by Crippen LogP contribution is 2.11. The van der Waals surface area contributed by atoms with E-state index in [0.29, 0.717) is 0 Å². The molecule has 0 radical (unpaired) electrons. The highest BCUT2D eigenvalue weighted by molar-refractivity contribution is 14.1. The average Bonchev–Trinajstić information content (AvgIpc) is 1.88. The van der Waals surface area contributed by atoms with Crippen LogP contribution in [0, 0.1) is 3.70 Å². The van der Waals surface area contributed by atoms with Gasteiger partial charge >= 0.3 is 0 Å². The zero-order valence-electron chi connectivity index (χ0n) is 4.84. The van der Waals surface area contributed by atoms with Crippen LogP contribution in [0.25, 0.3) is 0 Å². The fourth-order valence-corrected chi connectivity index (χ4v) is 1.44. The van der Waals surface area contributed by atoms with E-state index in [-0.39, 0.29) is 0 Å². The van der Waals surface area contributed by atoms with E-state index in [2.05, 4.69) is 32.6 Å². The van der Waals surface area contributed by atoms with E-state index in [1.165, 1.54) is 0 Å². The Morgan fingerprint density at radius 1 is 1.56 bits per heavy atom. The molecule has 2 nitrogen and oxygen atoms in total. The van der Waals surface area contributed by atoms with Gasteiger partial charge in [0.05, 0.1) is 0 Å². The molecule has 1 aromatic rings. The molecule has 48 valence electrons. The van der Waals surface area contributed by atoms with Crippen molar-refractivity contribution in [2.24, 2.45) is 0 Å². The highest BCUT2D eigenvalue weighted by atomic mass is 127. The van der Waals surface area contributed by atoms with E-state index < -0.39 is 0 Å². The van der Waals surface area contributed by atoms with Crippen LogP contribution in [0.2, 0.25) is 0 Å². The first-order chi connectivity index (χ1) is 4.33. The third-order valence-corrected chi connectivity index (χ3v) is 2.05. The number of hydrogen-bond donors (Lipinski definition) is 0. The van der Waals surface area contributed by atoms with Crippen LogP contribution in [-0.2, 0) is 0 Å². The summed E-state index contributed by atoms with van der Waals surface area (Å²) < 4.78 is 0.993. The molecule has 0 atom stereocenters. The van der Waals surface area contributed by atoms with Crippen molar-refractivity contribution in [3.63, 3.8) is 0 Å². The number of halogens is 1. The summed E-state index contributed by atoms with van der Waals surface area (Å²) in [7, 11) is 0. The molecule has 9 heavy (non-hydrogen) atoms. The number of rotatable bonds is 1. The lowest BCUT2D eigenvalue weighted by Crippen LogP contribution is -1.83. The molecule has 0 fully saturated rings. The predicted molar refractivity (Wildman–Crippen MR) is 46.5 cm³/mol. The van der Waals surface area contributed by atoms with Crippen LogP contribution in [0.5, 0.6) is 0 Å². The molecule has 1 rings (SSSR count). The van der Waals surface area contributed by atoms with E-state index in [0.717, 1.165) is 8.73 Å². The van der Waals surface area contributed by atoms with Crippen LogP contribution >= 0.6 is 34.4 Å². The van der Waals surface area contributed by atoms with Gasteiger partial charge in [0, 0.05) is 6.07 Å². The molecule has 0 aliphatic heterocycles. The summed E-state index contributed by atoms with van der Waals surface area (Å²) in [5, 5.41) is 1.02. The summed E-state index contributed by atoms with van der Waals surface area (Å²) in [6.45, 7) is 0. The van der Waals surface area contributed by atoms with Crippen molar-refractivity contribution in [1.82, 2.24) is 9.97 Å². The van der Waals surface area contributed by atoms with Crippen LogP contribution < -0.4 is 0 Å². The highest BCUT2D eigenvalue weighted by Gasteiger charge is 1.90. The summed E-state index contributed by atoms with van der Waals surface area (Å²) in [5.41, 5.74) is 0. The van der Waals surface area contributed by atoms with Crippen molar-refractivity contribution in [2.45, 2.75) is 5.03 Å². The Morgan fingerprint density at radius 3 is 2.78 bits per heavy atom. The van der Waals surface area contributed by atoms with Gasteiger partial charge in [0.2, 0.25) is 0 Å². The van der Waals surface area contributed by atoms with Crippen molar-refractivity contribution in [3.8, 4) is 0 Å². The third-order valence-electron chi connectivity index (χ3n) is 0.818. The molecule has 1 aromatic heterocycles. The van der Waals surface area contributed by atoms with Gasteiger partial charge in [0.25, 0.3) is 0 Å². The van der Waals surface area contributed by atoms with E-state index in [9.17, 15) is 0 Å². The molecular formula is C5H5IN2S. The van der Waals surface area contributed by atoms with Gasteiger partial charge in [-0.15, -0.1) is 11.8 Å². The number of aromatic nitrogens is 2. The van der Waals surface area contributed by atoms with Crippen LogP contribution in [0.1, 0.15) is 0 Å². The minimum Gasteiger partial charge on any atom is -0.230 e. The van der Waals surface area contributed by atoms with E-state index in [4.69, 9.17) is 0 Å². The second-order valence-electron chi connectivity index (χ2n) is 1.38. The van der Waals surface area contributed by atoms with E-state index >= 15 is 0 Å². The Morgan fingerprint density at radius 2 is 2.33 bits per heavy atom. The SMILES string of the molecule is CSc1cc(I)ncn1. The first kappa shape index (κ1) is 7.27. The molecule has 0 spiro atoms. The van der Waals surface area contributed by atoms with Crippen LogP contribution in [0.3, 0.4) is 0 Å². The van der Waals surface area contributed by atoms with E-state index in [1.54, 1.807) is 18.1 Å². The zero-order chi connectivity index (χ0) is 6.69. The maximum Gasteiger partial charge on any atom is 0.117 e. The van der Waals surface area contributed by atoms with Crippen molar-refractivity contribution in [1.29, 1.82) is 0 Å². The maximum atomic E-state index is 4.01. The van der Waals surface area contributed by atoms with Gasteiger partial charge in [-0.1, -0.05) is 0 Å². The number of thioether (sulfide) groups is 1. The third kappa shape index (κ3) is 2.09. The molecule has 0 amide bonds. The summed E-state index contributed by atoms with van der Waals surface area (Å²) in [4.78, 5) is 7.96. The lowest BCUT2D eigenvalue weighted by atomic mass is 10.7. The Hall–Kier alpha value is 0.160. The maximum absolute atomic E-state index is 4.01.